The van der Waals surface area contributed by atoms with E-state index in [1.54, 1.807) is 0 Å². The molecule has 0 atom stereocenters. The maximum absolute atomic E-state index is 2.60. The molecule has 2 aliphatic carbocycles. The van der Waals surface area contributed by atoms with E-state index in [0.717, 1.165) is 0 Å². The Balaban J connectivity index is 1.17. The molecule has 362 valence electrons. The number of hydrogen-bond acceptors (Lipinski definition) is 0. The van der Waals surface area contributed by atoms with Crippen molar-refractivity contribution in [3.8, 4) is 89.0 Å². The number of rotatable bonds is 4. The van der Waals surface area contributed by atoms with Crippen LogP contribution in [0.3, 0.4) is 0 Å². The average molecular weight is 955 g/mol. The van der Waals surface area contributed by atoms with Gasteiger partial charge in [0.1, 0.15) is 0 Å². The second kappa shape index (κ2) is 16.0. The number of benzene rings is 11. The first kappa shape index (κ1) is 46.3. The van der Waals surface area contributed by atoms with Gasteiger partial charge in [-0.15, -0.1) is 0 Å². The van der Waals surface area contributed by atoms with Crippen LogP contribution in [0.2, 0.25) is 0 Å². The maximum atomic E-state index is 2.60. The van der Waals surface area contributed by atoms with Crippen molar-refractivity contribution in [2.24, 2.45) is 0 Å². The lowest BCUT2D eigenvalue weighted by molar-refractivity contribution is 0.568. The summed E-state index contributed by atoms with van der Waals surface area (Å²) in [5.41, 5.74) is 26.2. The summed E-state index contributed by atoms with van der Waals surface area (Å²) in [5, 5.41) is 10.5. The van der Waals surface area contributed by atoms with Gasteiger partial charge in [0.05, 0.1) is 0 Å². The van der Waals surface area contributed by atoms with Gasteiger partial charge < -0.3 is 0 Å². The van der Waals surface area contributed by atoms with Gasteiger partial charge in [0, 0.05) is 0 Å². The third kappa shape index (κ3) is 7.01. The Morgan fingerprint density at radius 1 is 0.203 bits per heavy atom. The van der Waals surface area contributed by atoms with Crippen LogP contribution in [0.25, 0.3) is 132 Å². The molecule has 0 saturated heterocycles. The van der Waals surface area contributed by atoms with Gasteiger partial charge in [-0.1, -0.05) is 253 Å². The van der Waals surface area contributed by atoms with E-state index in [0.29, 0.717) is 0 Å². The van der Waals surface area contributed by atoms with Gasteiger partial charge in [-0.3, -0.25) is 0 Å². The van der Waals surface area contributed by atoms with Crippen molar-refractivity contribution in [1.82, 2.24) is 0 Å². The highest BCUT2D eigenvalue weighted by Gasteiger charge is 2.35. The van der Waals surface area contributed by atoms with Crippen LogP contribution in [0.4, 0.5) is 0 Å². The van der Waals surface area contributed by atoms with Crippen LogP contribution in [-0.2, 0) is 21.7 Å². The molecule has 0 aliphatic heterocycles. The summed E-state index contributed by atoms with van der Waals surface area (Å²) in [6.07, 6.45) is 0. The lowest BCUT2D eigenvalue weighted by atomic mass is 9.76. The highest BCUT2D eigenvalue weighted by molar-refractivity contribution is 6.33. The summed E-state index contributed by atoms with van der Waals surface area (Å²) < 4.78 is 0. The molecule has 11 aromatic carbocycles. The van der Waals surface area contributed by atoms with Crippen molar-refractivity contribution < 1.29 is 0 Å². The molecule has 0 aromatic heterocycles. The van der Waals surface area contributed by atoms with Crippen molar-refractivity contribution in [3.63, 3.8) is 0 Å². The van der Waals surface area contributed by atoms with Gasteiger partial charge >= 0.3 is 0 Å². The maximum Gasteiger partial charge on any atom is -0.000740 e. The molecular weight excluding hydrogens is 889 g/mol. The van der Waals surface area contributed by atoms with Crippen LogP contribution < -0.4 is 0 Å². The van der Waals surface area contributed by atoms with E-state index in [9.17, 15) is 0 Å². The predicted octanol–water partition coefficient (Wildman–Crippen LogP) is 21.5. The molecular formula is C74H66. The molecule has 11 aromatic rings. The Labute approximate surface area is 438 Å². The molecule has 0 unspecified atom stereocenters. The number of hydrogen-bond donors (Lipinski definition) is 0. The van der Waals surface area contributed by atoms with Gasteiger partial charge in [0.15, 0.2) is 0 Å². The lowest BCUT2D eigenvalue weighted by Crippen LogP contribution is -2.16. The summed E-state index contributed by atoms with van der Waals surface area (Å²) >= 11 is 0. The molecule has 0 saturated carbocycles. The minimum Gasteiger partial charge on any atom is -0.0622 e. The van der Waals surface area contributed by atoms with E-state index in [4.69, 9.17) is 0 Å². The number of fused-ring (bicyclic) bond motifs is 9. The smallest absolute Gasteiger partial charge is 0.000740 e. The fourth-order valence-electron chi connectivity index (χ4n) is 12.7. The Morgan fingerprint density at radius 3 is 0.811 bits per heavy atom. The monoisotopic (exact) mass is 955 g/mol. The molecule has 13 rings (SSSR count). The van der Waals surface area contributed by atoms with Crippen molar-refractivity contribution in [1.29, 1.82) is 0 Å². The lowest BCUT2D eigenvalue weighted by Gasteiger charge is -2.28. The standard InChI is InChI=1S/C74H66/c1-71(2,3)47-35-45(36-48(39-47)72(4,5)6)63-51-27-19-20-28-52(51)64(46-37-49(73(7,8)9)40-50(38-46)74(10,11)12)62-42-60-56-32-34-58-68-57(33-31-55(67(56)68)59(60)41-61(62)63)69-65(43-23-15-13-16-24-43)53-29-21-22-30-54(53)66(70(58)69)44-25-17-14-18-26-44/h13-42H,1-12H3. The zero-order chi connectivity index (χ0) is 51.4. The Kier molecular flexibility index (Phi) is 9.99. The van der Waals surface area contributed by atoms with E-state index < -0.39 is 0 Å². The third-order valence-electron chi connectivity index (χ3n) is 16.7. The van der Waals surface area contributed by atoms with E-state index in [1.165, 1.54) is 154 Å². The molecule has 0 radical (unpaired) electrons. The first-order chi connectivity index (χ1) is 35.3. The summed E-state index contributed by atoms with van der Waals surface area (Å²) in [4.78, 5) is 0. The molecule has 2 aliphatic rings. The molecule has 0 heterocycles. The topological polar surface area (TPSA) is 0 Å². The van der Waals surface area contributed by atoms with Crippen LogP contribution >= 0.6 is 0 Å². The highest BCUT2D eigenvalue weighted by Crippen LogP contribution is 2.62. The molecule has 0 heteroatoms. The van der Waals surface area contributed by atoms with Gasteiger partial charge in [-0.2, -0.15) is 0 Å². The molecule has 0 spiro atoms. The molecule has 0 bridgehead atoms. The van der Waals surface area contributed by atoms with Crippen LogP contribution in [0.15, 0.2) is 182 Å². The highest BCUT2D eigenvalue weighted by atomic mass is 14.4. The molecule has 0 N–H and O–H groups in total. The van der Waals surface area contributed by atoms with Gasteiger partial charge in [0.25, 0.3) is 0 Å². The largest absolute Gasteiger partial charge is 0.0622 e. The minimum absolute atomic E-state index is 0.0390. The Bertz CT molecular complexity index is 3840. The second-order valence-electron chi connectivity index (χ2n) is 25.7. The Hall–Kier alpha value is -7.54. The fraction of sp³-hybridized carbons (Fsp3) is 0.216. The summed E-state index contributed by atoms with van der Waals surface area (Å²) in [7, 11) is 0. The van der Waals surface area contributed by atoms with Crippen molar-refractivity contribution >= 4 is 43.1 Å². The average Bonchev–Trinajstić information content (AvgIpc) is 3.91. The fourth-order valence-corrected chi connectivity index (χ4v) is 12.7. The first-order valence-electron chi connectivity index (χ1n) is 26.9. The molecule has 0 amide bonds. The van der Waals surface area contributed by atoms with E-state index in [2.05, 4.69) is 265 Å². The van der Waals surface area contributed by atoms with Crippen LogP contribution in [0, 0.1) is 0 Å². The molecule has 0 fully saturated rings. The Morgan fingerprint density at radius 2 is 0.486 bits per heavy atom. The SMILES string of the molecule is CC(C)(C)c1cc(-c2c3ccccc3c(-c3cc(C(C)(C)C)cc(C(C)(C)C)c3)c3cc4c(cc23)-c2ccc3c5c(ccc-4c25)-c2c-3c(-c3ccccc3)c3ccccc3c2-c2ccccc2)cc(C(C)(C)C)c1. The van der Waals surface area contributed by atoms with Crippen molar-refractivity contribution in [2.75, 3.05) is 0 Å². The quantitative estimate of drug-likeness (QED) is 0.154. The predicted molar refractivity (Wildman–Crippen MR) is 322 cm³/mol. The molecule has 74 heavy (non-hydrogen) atoms. The van der Waals surface area contributed by atoms with E-state index in [1.807, 2.05) is 0 Å². The zero-order valence-corrected chi connectivity index (χ0v) is 45.3. The van der Waals surface area contributed by atoms with Crippen molar-refractivity contribution in [2.45, 2.75) is 105 Å². The first-order valence-corrected chi connectivity index (χ1v) is 26.9. The van der Waals surface area contributed by atoms with Crippen molar-refractivity contribution in [3.05, 3.63) is 204 Å². The summed E-state index contributed by atoms with van der Waals surface area (Å²) in [6.45, 7) is 28.3. The van der Waals surface area contributed by atoms with Crippen LogP contribution in [0.1, 0.15) is 105 Å². The van der Waals surface area contributed by atoms with Crippen LogP contribution in [-0.4, -0.2) is 0 Å². The van der Waals surface area contributed by atoms with Crippen LogP contribution in [0.5, 0.6) is 0 Å². The normalized spacial score (nSPS) is 13.1. The van der Waals surface area contributed by atoms with Gasteiger partial charge in [0.2, 0.25) is 0 Å². The second-order valence-corrected chi connectivity index (χ2v) is 25.7. The van der Waals surface area contributed by atoms with E-state index in [-0.39, 0.29) is 21.7 Å². The van der Waals surface area contributed by atoms with Gasteiger partial charge in [-0.05, 0) is 188 Å². The summed E-state index contributed by atoms with van der Waals surface area (Å²) in [6, 6.07) is 70.6. The summed E-state index contributed by atoms with van der Waals surface area (Å²) in [5.74, 6) is 0. The van der Waals surface area contributed by atoms with Gasteiger partial charge in [-0.25, -0.2) is 0 Å². The zero-order valence-electron chi connectivity index (χ0n) is 45.3. The van der Waals surface area contributed by atoms with E-state index >= 15 is 0 Å². The third-order valence-corrected chi connectivity index (χ3v) is 16.7. The minimum atomic E-state index is -0.0390. The molecule has 0 nitrogen and oxygen atoms in total.